The van der Waals surface area contributed by atoms with Crippen molar-refractivity contribution in [2.75, 3.05) is 0 Å². The molecule has 0 atom stereocenters. The second-order valence-corrected chi connectivity index (χ2v) is 6.57. The van der Waals surface area contributed by atoms with Crippen molar-refractivity contribution in [1.82, 2.24) is 14.9 Å². The van der Waals surface area contributed by atoms with E-state index in [2.05, 4.69) is 40.9 Å². The molecule has 0 unspecified atom stereocenters. The molecule has 3 rings (SSSR count). The molecule has 5 nitrogen and oxygen atoms in total. The van der Waals surface area contributed by atoms with Gasteiger partial charge in [-0.05, 0) is 50.1 Å². The van der Waals surface area contributed by atoms with Gasteiger partial charge in [-0.2, -0.15) is 5.26 Å². The van der Waals surface area contributed by atoms with Crippen LogP contribution in [0.15, 0.2) is 48.5 Å². The number of amides is 1. The van der Waals surface area contributed by atoms with Gasteiger partial charge in [-0.3, -0.25) is 4.79 Å². The number of hydrogen-bond donors (Lipinski definition) is 1. The number of aryl methyl sites for hydroxylation is 1. The quantitative estimate of drug-likeness (QED) is 0.739. The van der Waals surface area contributed by atoms with E-state index in [0.29, 0.717) is 24.9 Å². The molecule has 132 valence electrons. The number of hydrogen-bond acceptors (Lipinski definition) is 3. The van der Waals surface area contributed by atoms with E-state index in [-0.39, 0.29) is 11.9 Å². The van der Waals surface area contributed by atoms with Crippen LogP contribution in [0.2, 0.25) is 0 Å². The molecular weight excluding hydrogens is 324 g/mol. The average molecular weight is 346 g/mol. The third-order valence-electron chi connectivity index (χ3n) is 4.35. The number of nitrogens with one attached hydrogen (secondary N) is 1. The summed E-state index contributed by atoms with van der Waals surface area (Å²) in [5.74, 6) is 0.865. The van der Waals surface area contributed by atoms with E-state index in [1.54, 1.807) is 12.1 Å². The van der Waals surface area contributed by atoms with Gasteiger partial charge in [0.1, 0.15) is 5.82 Å². The molecule has 26 heavy (non-hydrogen) atoms. The van der Waals surface area contributed by atoms with E-state index >= 15 is 0 Å². The lowest BCUT2D eigenvalue weighted by molar-refractivity contribution is -0.121. The second kappa shape index (κ2) is 7.83. The van der Waals surface area contributed by atoms with E-state index in [1.807, 2.05) is 30.3 Å². The Kier molecular flexibility index (Phi) is 5.33. The molecule has 1 aromatic heterocycles. The molecule has 0 aliphatic heterocycles. The molecule has 0 fully saturated rings. The summed E-state index contributed by atoms with van der Waals surface area (Å²) in [6, 6.07) is 17.7. The minimum Gasteiger partial charge on any atom is -0.349 e. The van der Waals surface area contributed by atoms with E-state index < -0.39 is 0 Å². The highest BCUT2D eigenvalue weighted by atomic mass is 16.1. The van der Waals surface area contributed by atoms with Crippen molar-refractivity contribution in [2.24, 2.45) is 0 Å². The zero-order valence-electron chi connectivity index (χ0n) is 15.1. The van der Waals surface area contributed by atoms with Crippen molar-refractivity contribution in [1.29, 1.82) is 5.26 Å². The van der Waals surface area contributed by atoms with E-state index in [0.717, 1.165) is 22.4 Å². The fraction of sp³-hybridized carbons (Fsp3) is 0.286. The summed E-state index contributed by atoms with van der Waals surface area (Å²) in [7, 11) is 0. The van der Waals surface area contributed by atoms with Crippen molar-refractivity contribution < 1.29 is 4.79 Å². The zero-order chi connectivity index (χ0) is 18.5. The maximum Gasteiger partial charge on any atom is 0.220 e. The van der Waals surface area contributed by atoms with Crippen molar-refractivity contribution in [3.63, 3.8) is 0 Å². The van der Waals surface area contributed by atoms with Gasteiger partial charge in [-0.25, -0.2) is 4.98 Å². The maximum atomic E-state index is 12.2. The van der Waals surface area contributed by atoms with Crippen LogP contribution in [0.3, 0.4) is 0 Å². The van der Waals surface area contributed by atoms with Crippen LogP contribution in [0.5, 0.6) is 0 Å². The van der Waals surface area contributed by atoms with Crippen LogP contribution < -0.4 is 5.32 Å². The van der Waals surface area contributed by atoms with Crippen LogP contribution in [-0.2, 0) is 17.8 Å². The normalized spacial score (nSPS) is 10.8. The lowest BCUT2D eigenvalue weighted by atomic mass is 10.1. The van der Waals surface area contributed by atoms with E-state index in [1.165, 1.54) is 0 Å². The summed E-state index contributed by atoms with van der Waals surface area (Å²) in [6.45, 7) is 4.65. The predicted octanol–water partition coefficient (Wildman–Crippen LogP) is 3.74. The number of benzene rings is 2. The van der Waals surface area contributed by atoms with Gasteiger partial charge in [0, 0.05) is 12.5 Å². The summed E-state index contributed by atoms with van der Waals surface area (Å²) in [6.07, 6.45) is 1.06. The SMILES string of the molecule is CC(C)n1c(CNC(=O)CCc2ccc(C#N)cc2)nc2ccccc21. The number of nitriles is 1. The van der Waals surface area contributed by atoms with Gasteiger partial charge in [0.15, 0.2) is 0 Å². The zero-order valence-corrected chi connectivity index (χ0v) is 15.1. The maximum absolute atomic E-state index is 12.2. The van der Waals surface area contributed by atoms with Gasteiger partial charge in [0.2, 0.25) is 5.91 Å². The molecule has 5 heteroatoms. The van der Waals surface area contributed by atoms with Crippen LogP contribution in [0.25, 0.3) is 11.0 Å². The Bertz CT molecular complexity index is 948. The molecule has 1 heterocycles. The summed E-state index contributed by atoms with van der Waals surface area (Å²) >= 11 is 0. The largest absolute Gasteiger partial charge is 0.349 e. The number of carbonyl (C=O) groups excluding carboxylic acids is 1. The summed E-state index contributed by atoms with van der Waals surface area (Å²) in [5.41, 5.74) is 3.71. The number of aromatic nitrogens is 2. The standard InChI is InChI=1S/C21H22N4O/c1-15(2)25-19-6-4-3-5-18(19)24-20(25)14-23-21(26)12-11-16-7-9-17(13-22)10-8-16/h3-10,15H,11-12,14H2,1-2H3,(H,23,26). The molecule has 2 aromatic carbocycles. The number of rotatable bonds is 6. The van der Waals surface area contributed by atoms with Gasteiger partial charge in [-0.15, -0.1) is 0 Å². The fourth-order valence-corrected chi connectivity index (χ4v) is 3.07. The summed E-state index contributed by atoms with van der Waals surface area (Å²) in [5, 5.41) is 11.8. The van der Waals surface area contributed by atoms with Crippen LogP contribution >= 0.6 is 0 Å². The highest BCUT2D eigenvalue weighted by Gasteiger charge is 2.13. The molecule has 0 saturated heterocycles. The van der Waals surface area contributed by atoms with Gasteiger partial charge in [-0.1, -0.05) is 24.3 Å². The van der Waals surface area contributed by atoms with Crippen molar-refractivity contribution in [2.45, 2.75) is 39.3 Å². The Labute approximate surface area is 153 Å². The number of imidazole rings is 1. The van der Waals surface area contributed by atoms with Gasteiger partial charge in [0.25, 0.3) is 0 Å². The van der Waals surface area contributed by atoms with Crippen LogP contribution in [0, 0.1) is 11.3 Å². The third-order valence-corrected chi connectivity index (χ3v) is 4.35. The lowest BCUT2D eigenvalue weighted by Crippen LogP contribution is -2.25. The van der Waals surface area contributed by atoms with Crippen LogP contribution in [0.1, 0.15) is 43.3 Å². The number of carbonyl (C=O) groups is 1. The molecule has 1 amide bonds. The first-order valence-corrected chi connectivity index (χ1v) is 8.80. The van der Waals surface area contributed by atoms with Crippen molar-refractivity contribution in [3.8, 4) is 6.07 Å². The van der Waals surface area contributed by atoms with Gasteiger partial charge >= 0.3 is 0 Å². The van der Waals surface area contributed by atoms with Crippen molar-refractivity contribution in [3.05, 3.63) is 65.5 Å². The molecule has 1 N–H and O–H groups in total. The first-order chi connectivity index (χ1) is 12.6. The molecule has 0 radical (unpaired) electrons. The third kappa shape index (κ3) is 3.92. The Hall–Kier alpha value is -3.13. The smallest absolute Gasteiger partial charge is 0.220 e. The summed E-state index contributed by atoms with van der Waals surface area (Å²) < 4.78 is 2.16. The Morgan fingerprint density at radius 1 is 1.19 bits per heavy atom. The minimum absolute atomic E-state index is 0.00304. The first kappa shape index (κ1) is 17.7. The molecule has 0 aliphatic rings. The molecule has 0 bridgehead atoms. The average Bonchev–Trinajstić information content (AvgIpc) is 3.03. The Balaban J connectivity index is 1.61. The fourth-order valence-electron chi connectivity index (χ4n) is 3.07. The molecule has 0 spiro atoms. The van der Waals surface area contributed by atoms with Gasteiger partial charge < -0.3 is 9.88 Å². The van der Waals surface area contributed by atoms with Crippen molar-refractivity contribution >= 4 is 16.9 Å². The number of para-hydroxylation sites is 2. The number of fused-ring (bicyclic) bond motifs is 1. The molecule has 0 aliphatic carbocycles. The molecular formula is C21H22N4O. The highest BCUT2D eigenvalue weighted by Crippen LogP contribution is 2.20. The monoisotopic (exact) mass is 346 g/mol. The minimum atomic E-state index is -0.00304. The molecule has 0 saturated carbocycles. The topological polar surface area (TPSA) is 70.7 Å². The highest BCUT2D eigenvalue weighted by molar-refractivity contribution is 5.77. The van der Waals surface area contributed by atoms with E-state index in [9.17, 15) is 4.79 Å². The first-order valence-electron chi connectivity index (χ1n) is 8.80. The summed E-state index contributed by atoms with van der Waals surface area (Å²) in [4.78, 5) is 16.9. The Morgan fingerprint density at radius 3 is 2.62 bits per heavy atom. The Morgan fingerprint density at radius 2 is 1.92 bits per heavy atom. The van der Waals surface area contributed by atoms with Crippen LogP contribution in [-0.4, -0.2) is 15.5 Å². The molecule has 3 aromatic rings. The van der Waals surface area contributed by atoms with E-state index in [4.69, 9.17) is 5.26 Å². The predicted molar refractivity (Wildman–Crippen MR) is 101 cm³/mol. The number of nitrogens with zero attached hydrogens (tertiary/aromatic N) is 3. The second-order valence-electron chi connectivity index (χ2n) is 6.57. The van der Waals surface area contributed by atoms with Crippen LogP contribution in [0.4, 0.5) is 0 Å². The lowest BCUT2D eigenvalue weighted by Gasteiger charge is -2.13. The van der Waals surface area contributed by atoms with Gasteiger partial charge in [0.05, 0.1) is 29.2 Å².